The molecule has 0 bridgehead atoms. The Kier molecular flexibility index (Phi) is 9.58. The van der Waals surface area contributed by atoms with Crippen LogP contribution in [0.5, 0.6) is 5.75 Å². The van der Waals surface area contributed by atoms with Crippen molar-refractivity contribution in [2.75, 3.05) is 51.3 Å². The molecule has 270 valence electrons. The number of hydrogen-bond donors (Lipinski definition) is 1. The zero-order chi connectivity index (χ0) is 36.0. The van der Waals surface area contributed by atoms with Gasteiger partial charge in [0.05, 0.1) is 37.1 Å². The fraction of sp³-hybridized carbons (Fsp3) is 0.474. The fourth-order valence-corrected chi connectivity index (χ4v) is 8.16. The second kappa shape index (κ2) is 14.1. The number of benzene rings is 2. The van der Waals surface area contributed by atoms with Crippen molar-refractivity contribution in [3.05, 3.63) is 69.8 Å². The average molecular weight is 703 g/mol. The molecule has 0 spiro atoms. The fourth-order valence-electron chi connectivity index (χ4n) is 8.16. The lowest BCUT2D eigenvalue weighted by Gasteiger charge is -2.37. The van der Waals surface area contributed by atoms with Gasteiger partial charge in [-0.1, -0.05) is 0 Å². The monoisotopic (exact) mass is 702 g/mol. The van der Waals surface area contributed by atoms with Gasteiger partial charge in [0.25, 0.3) is 12.0 Å². The molecule has 2 saturated heterocycles. The topological polar surface area (TPSA) is 113 Å². The van der Waals surface area contributed by atoms with Crippen molar-refractivity contribution in [2.24, 2.45) is 13.0 Å². The molecule has 0 saturated carbocycles. The summed E-state index contributed by atoms with van der Waals surface area (Å²) in [5, 5.41) is 14.5. The number of likely N-dealkylation sites (tertiary alicyclic amines) is 2. The summed E-state index contributed by atoms with van der Waals surface area (Å²) in [4.78, 5) is 42.9. The summed E-state index contributed by atoms with van der Waals surface area (Å²) in [6.45, 7) is 4.82. The number of fused-ring (bicyclic) bond motifs is 2. The number of amides is 1. The number of hydrogen-bond acceptors (Lipinski definition) is 7. The van der Waals surface area contributed by atoms with Gasteiger partial charge >= 0.3 is 5.97 Å². The Morgan fingerprint density at radius 3 is 2.43 bits per heavy atom. The minimum Gasteiger partial charge on any atom is -0.497 e. The summed E-state index contributed by atoms with van der Waals surface area (Å²) < 4.78 is 38.8. The van der Waals surface area contributed by atoms with Crippen LogP contribution in [0.25, 0.3) is 22.0 Å². The van der Waals surface area contributed by atoms with E-state index in [1.54, 1.807) is 37.9 Å². The minimum atomic E-state index is -2.72. The summed E-state index contributed by atoms with van der Waals surface area (Å²) in [6.07, 6.45) is 5.11. The molecule has 13 heteroatoms. The predicted molar refractivity (Wildman–Crippen MR) is 190 cm³/mol. The van der Waals surface area contributed by atoms with Crippen LogP contribution in [-0.2, 0) is 23.1 Å². The third-order valence-corrected chi connectivity index (χ3v) is 11.0. The normalized spacial score (nSPS) is 17.7. The van der Waals surface area contributed by atoms with Crippen molar-refractivity contribution in [2.45, 2.75) is 57.9 Å². The molecule has 11 nitrogen and oxygen atoms in total. The summed E-state index contributed by atoms with van der Waals surface area (Å²) in [5.74, 6) is -0.224. The van der Waals surface area contributed by atoms with Gasteiger partial charge in [0.1, 0.15) is 5.75 Å². The van der Waals surface area contributed by atoms with Gasteiger partial charge in [-0.15, -0.1) is 0 Å². The van der Waals surface area contributed by atoms with Crippen LogP contribution < -0.4 is 15.2 Å². The maximum atomic E-state index is 14.9. The molecule has 2 fully saturated rings. The van der Waals surface area contributed by atoms with Gasteiger partial charge in [-0.3, -0.25) is 24.0 Å². The zero-order valence-electron chi connectivity index (χ0n) is 29.3. The first-order chi connectivity index (χ1) is 24.5. The lowest BCUT2D eigenvalue weighted by atomic mass is 9.92. The third-order valence-electron chi connectivity index (χ3n) is 11.0. The number of pyridine rings is 1. The van der Waals surface area contributed by atoms with E-state index in [1.807, 2.05) is 44.9 Å². The highest BCUT2D eigenvalue weighted by Gasteiger charge is 2.32. The highest BCUT2D eigenvalue weighted by atomic mass is 19.3. The first kappa shape index (κ1) is 34.7. The van der Waals surface area contributed by atoms with Crippen molar-refractivity contribution in [3.63, 3.8) is 0 Å². The van der Waals surface area contributed by atoms with E-state index in [1.165, 1.54) is 0 Å². The van der Waals surface area contributed by atoms with E-state index < -0.39 is 12.4 Å². The van der Waals surface area contributed by atoms with Crippen LogP contribution in [0.1, 0.15) is 61.3 Å². The van der Waals surface area contributed by atoms with E-state index in [4.69, 9.17) is 9.84 Å². The largest absolute Gasteiger partial charge is 0.497 e. The second-order valence-corrected chi connectivity index (χ2v) is 14.1. The van der Waals surface area contributed by atoms with Gasteiger partial charge in [0, 0.05) is 78.7 Å². The van der Waals surface area contributed by atoms with Crippen LogP contribution in [0.15, 0.2) is 47.5 Å². The van der Waals surface area contributed by atoms with Crippen molar-refractivity contribution in [3.8, 4) is 16.9 Å². The van der Waals surface area contributed by atoms with E-state index in [9.17, 15) is 23.2 Å². The number of anilines is 2. The maximum Gasteiger partial charge on any atom is 0.317 e. The Morgan fingerprint density at radius 2 is 1.75 bits per heavy atom. The number of halogens is 2. The molecule has 51 heavy (non-hydrogen) atoms. The van der Waals surface area contributed by atoms with E-state index in [0.717, 1.165) is 35.2 Å². The third kappa shape index (κ3) is 6.71. The molecule has 0 unspecified atom stereocenters. The smallest absolute Gasteiger partial charge is 0.317 e. The van der Waals surface area contributed by atoms with E-state index in [-0.39, 0.29) is 35.5 Å². The minimum absolute atomic E-state index is 0.00538. The standard InChI is InChI=1S/C38H44F2N6O5/c1-23-15-31-33(42(2)37(23)49)17-28(51-3)18-34(31)45-10-4-5-25-16-29(30(36(39)40)19-32(25)45)26-20-41-46(21-26)27-8-13-44(14-9-27)38(50)24-6-11-43(12-7-24)22-35(47)48/h15-21,24,27,36H,4-14,22H2,1-3H3,(H,47,48). The number of carbonyl (C=O) groups excluding carboxylic acids is 1. The van der Waals surface area contributed by atoms with Crippen LogP contribution >= 0.6 is 0 Å². The molecule has 2 aromatic heterocycles. The Bertz CT molecular complexity index is 2030. The number of alkyl halides is 2. The summed E-state index contributed by atoms with van der Waals surface area (Å²) >= 11 is 0. The summed E-state index contributed by atoms with van der Waals surface area (Å²) in [5.41, 5.74) is 4.73. The molecule has 1 amide bonds. The van der Waals surface area contributed by atoms with Gasteiger partial charge in [0.2, 0.25) is 5.91 Å². The van der Waals surface area contributed by atoms with Crippen LogP contribution in [-0.4, -0.2) is 87.5 Å². The van der Waals surface area contributed by atoms with Crippen LogP contribution in [0.4, 0.5) is 20.2 Å². The quantitative estimate of drug-likeness (QED) is 0.249. The van der Waals surface area contributed by atoms with Crippen molar-refractivity contribution in [1.29, 1.82) is 0 Å². The molecule has 3 aliphatic heterocycles. The Hall–Kier alpha value is -4.78. The highest BCUT2D eigenvalue weighted by Crippen LogP contribution is 2.44. The number of carbonyl (C=O) groups is 2. The zero-order valence-corrected chi connectivity index (χ0v) is 29.3. The first-order valence-corrected chi connectivity index (χ1v) is 17.7. The number of ether oxygens (including phenoxy) is 1. The molecule has 2 aromatic carbocycles. The lowest BCUT2D eigenvalue weighted by Crippen LogP contribution is -2.46. The van der Waals surface area contributed by atoms with E-state index in [0.29, 0.717) is 86.4 Å². The molecule has 7 rings (SSSR count). The molecular formula is C38H44F2N6O5. The van der Waals surface area contributed by atoms with Gasteiger partial charge < -0.3 is 24.2 Å². The number of aryl methyl sites for hydroxylation is 3. The number of aliphatic carboxylic acids is 1. The van der Waals surface area contributed by atoms with Crippen LogP contribution in [0.2, 0.25) is 0 Å². The van der Waals surface area contributed by atoms with Crippen molar-refractivity contribution < 1.29 is 28.2 Å². The Morgan fingerprint density at radius 1 is 1.00 bits per heavy atom. The number of aromatic nitrogens is 3. The van der Waals surface area contributed by atoms with Crippen molar-refractivity contribution in [1.82, 2.24) is 24.1 Å². The van der Waals surface area contributed by atoms with Gasteiger partial charge in [-0.05, 0) is 87.9 Å². The molecular weight excluding hydrogens is 658 g/mol. The van der Waals surface area contributed by atoms with Gasteiger partial charge in [-0.25, -0.2) is 8.78 Å². The Balaban J connectivity index is 1.11. The molecule has 0 atom stereocenters. The lowest BCUT2D eigenvalue weighted by molar-refractivity contribution is -0.140. The molecule has 0 aliphatic carbocycles. The maximum absolute atomic E-state index is 14.9. The van der Waals surface area contributed by atoms with Gasteiger partial charge in [0.15, 0.2) is 0 Å². The van der Waals surface area contributed by atoms with E-state index in [2.05, 4.69) is 10.00 Å². The number of carboxylic acids is 1. The summed E-state index contributed by atoms with van der Waals surface area (Å²) in [7, 11) is 3.30. The average Bonchev–Trinajstić information content (AvgIpc) is 3.63. The molecule has 1 N–H and O–H groups in total. The number of carboxylic acid groups (broad SMARTS) is 1. The molecule has 4 aromatic rings. The highest BCUT2D eigenvalue weighted by molar-refractivity contribution is 5.97. The van der Waals surface area contributed by atoms with Crippen LogP contribution in [0, 0.1) is 12.8 Å². The number of rotatable bonds is 8. The predicted octanol–water partition coefficient (Wildman–Crippen LogP) is 5.70. The second-order valence-electron chi connectivity index (χ2n) is 14.1. The number of methoxy groups -OCH3 is 1. The van der Waals surface area contributed by atoms with Crippen molar-refractivity contribution >= 4 is 34.2 Å². The number of piperidine rings is 2. The van der Waals surface area contributed by atoms with E-state index >= 15 is 0 Å². The molecule has 5 heterocycles. The molecule has 0 radical (unpaired) electrons. The number of nitrogens with zero attached hydrogens (tertiary/aromatic N) is 6. The SMILES string of the molecule is COc1cc(N2CCCc3cc(-c4cnn(C5CCN(C(=O)C6CCN(CC(=O)O)CC6)CC5)c4)c(C(F)F)cc32)c2cc(C)c(=O)n(C)c2c1. The summed E-state index contributed by atoms with van der Waals surface area (Å²) in [6, 6.07) is 9.15. The molecule has 3 aliphatic rings. The van der Waals surface area contributed by atoms with Crippen LogP contribution in [0.3, 0.4) is 0 Å². The Labute approximate surface area is 295 Å². The first-order valence-electron chi connectivity index (χ1n) is 17.7. The van der Waals surface area contributed by atoms with Gasteiger partial charge in [-0.2, -0.15) is 5.10 Å².